The molecular formula is C14H13BrF2N2. The van der Waals surface area contributed by atoms with Crippen molar-refractivity contribution in [2.24, 2.45) is 5.84 Å². The van der Waals surface area contributed by atoms with Crippen LogP contribution in [0.25, 0.3) is 0 Å². The highest BCUT2D eigenvalue weighted by molar-refractivity contribution is 9.10. The van der Waals surface area contributed by atoms with E-state index in [1.54, 1.807) is 37.3 Å². The second kappa shape index (κ2) is 5.77. The molecule has 19 heavy (non-hydrogen) atoms. The summed E-state index contributed by atoms with van der Waals surface area (Å²) < 4.78 is 28.0. The van der Waals surface area contributed by atoms with Gasteiger partial charge in [-0.2, -0.15) is 0 Å². The average Bonchev–Trinajstić information content (AvgIpc) is 2.39. The lowest BCUT2D eigenvalue weighted by Crippen LogP contribution is -2.29. The number of aryl methyl sites for hydroxylation is 1. The van der Waals surface area contributed by atoms with Crippen molar-refractivity contribution in [1.82, 2.24) is 5.43 Å². The first-order chi connectivity index (χ1) is 9.04. The van der Waals surface area contributed by atoms with Gasteiger partial charge in [0.15, 0.2) is 0 Å². The molecule has 1 unspecified atom stereocenters. The maximum Gasteiger partial charge on any atom is 0.142 e. The minimum absolute atomic E-state index is 0.340. The molecule has 0 amide bonds. The molecule has 2 nitrogen and oxygen atoms in total. The van der Waals surface area contributed by atoms with Gasteiger partial charge in [-0.25, -0.2) is 14.2 Å². The molecule has 0 aromatic heterocycles. The van der Waals surface area contributed by atoms with Crippen molar-refractivity contribution in [2.45, 2.75) is 13.0 Å². The topological polar surface area (TPSA) is 38.0 Å². The second-order valence-electron chi connectivity index (χ2n) is 4.25. The molecule has 1 atom stereocenters. The summed E-state index contributed by atoms with van der Waals surface area (Å²) >= 11 is 3.12. The lowest BCUT2D eigenvalue weighted by molar-refractivity contribution is 0.551. The number of hydrogen-bond donors (Lipinski definition) is 2. The van der Waals surface area contributed by atoms with E-state index in [-0.39, 0.29) is 5.82 Å². The molecular weight excluding hydrogens is 314 g/mol. The monoisotopic (exact) mass is 326 g/mol. The van der Waals surface area contributed by atoms with Gasteiger partial charge >= 0.3 is 0 Å². The number of halogens is 3. The number of benzene rings is 2. The Kier molecular flexibility index (Phi) is 4.29. The van der Waals surface area contributed by atoms with Crippen LogP contribution in [-0.4, -0.2) is 0 Å². The zero-order chi connectivity index (χ0) is 14.0. The maximum absolute atomic E-state index is 14.1. The van der Waals surface area contributed by atoms with Crippen molar-refractivity contribution >= 4 is 15.9 Å². The molecule has 0 saturated heterocycles. The predicted molar refractivity (Wildman–Crippen MR) is 74.4 cm³/mol. The van der Waals surface area contributed by atoms with Crippen LogP contribution in [0, 0.1) is 18.6 Å². The summed E-state index contributed by atoms with van der Waals surface area (Å²) in [6.07, 6.45) is 0. The Morgan fingerprint density at radius 2 is 1.95 bits per heavy atom. The Balaban J connectivity index is 2.50. The van der Waals surface area contributed by atoms with E-state index in [0.717, 1.165) is 0 Å². The van der Waals surface area contributed by atoms with E-state index in [0.29, 0.717) is 21.2 Å². The van der Waals surface area contributed by atoms with Gasteiger partial charge in [0.25, 0.3) is 0 Å². The van der Waals surface area contributed by atoms with Crippen LogP contribution in [0.3, 0.4) is 0 Å². The minimum atomic E-state index is -0.604. The molecule has 2 aromatic carbocycles. The van der Waals surface area contributed by atoms with Crippen LogP contribution in [0.2, 0.25) is 0 Å². The molecule has 0 aliphatic heterocycles. The SMILES string of the molecule is Cc1ccc(C(NN)c2cccc(Br)c2F)cc1F. The average molecular weight is 327 g/mol. The fraction of sp³-hybridized carbons (Fsp3) is 0.143. The van der Waals surface area contributed by atoms with E-state index >= 15 is 0 Å². The summed E-state index contributed by atoms with van der Waals surface area (Å²) in [5, 5.41) is 0. The van der Waals surface area contributed by atoms with Crippen molar-refractivity contribution in [3.05, 3.63) is 69.2 Å². The Labute approximate surface area is 118 Å². The van der Waals surface area contributed by atoms with Crippen molar-refractivity contribution in [1.29, 1.82) is 0 Å². The fourth-order valence-electron chi connectivity index (χ4n) is 1.90. The van der Waals surface area contributed by atoms with Gasteiger partial charge in [-0.3, -0.25) is 5.84 Å². The van der Waals surface area contributed by atoms with Gasteiger partial charge in [-0.05, 0) is 46.1 Å². The maximum atomic E-state index is 14.1. The van der Waals surface area contributed by atoms with E-state index < -0.39 is 11.9 Å². The Hall–Kier alpha value is -1.30. The van der Waals surface area contributed by atoms with Crippen molar-refractivity contribution < 1.29 is 8.78 Å². The number of nitrogens with one attached hydrogen (secondary N) is 1. The Morgan fingerprint density at radius 3 is 2.58 bits per heavy atom. The molecule has 100 valence electrons. The lowest BCUT2D eigenvalue weighted by Gasteiger charge is -2.18. The fourth-order valence-corrected chi connectivity index (χ4v) is 2.28. The summed E-state index contributed by atoms with van der Waals surface area (Å²) in [4.78, 5) is 0. The number of rotatable bonds is 3. The zero-order valence-electron chi connectivity index (χ0n) is 10.3. The van der Waals surface area contributed by atoms with Gasteiger partial charge in [0.05, 0.1) is 10.5 Å². The molecule has 0 spiro atoms. The van der Waals surface area contributed by atoms with E-state index in [9.17, 15) is 8.78 Å². The third-order valence-electron chi connectivity index (χ3n) is 2.99. The van der Waals surface area contributed by atoms with E-state index in [4.69, 9.17) is 5.84 Å². The summed E-state index contributed by atoms with van der Waals surface area (Å²) in [6, 6.07) is 9.05. The van der Waals surface area contributed by atoms with Crippen molar-refractivity contribution in [2.75, 3.05) is 0 Å². The molecule has 2 aromatic rings. The molecule has 0 aliphatic carbocycles. The third-order valence-corrected chi connectivity index (χ3v) is 3.60. The largest absolute Gasteiger partial charge is 0.271 e. The van der Waals surface area contributed by atoms with Crippen molar-refractivity contribution in [3.63, 3.8) is 0 Å². The summed E-state index contributed by atoms with van der Waals surface area (Å²) in [5.41, 5.74) is 3.99. The van der Waals surface area contributed by atoms with E-state index in [1.807, 2.05) is 0 Å². The van der Waals surface area contributed by atoms with Crippen LogP contribution in [-0.2, 0) is 0 Å². The molecule has 0 bridgehead atoms. The summed E-state index contributed by atoms with van der Waals surface area (Å²) in [7, 11) is 0. The van der Waals surface area contributed by atoms with Crippen LogP contribution < -0.4 is 11.3 Å². The van der Waals surface area contributed by atoms with Crippen LogP contribution in [0.15, 0.2) is 40.9 Å². The second-order valence-corrected chi connectivity index (χ2v) is 5.11. The smallest absolute Gasteiger partial charge is 0.142 e. The molecule has 0 fully saturated rings. The first kappa shape index (κ1) is 14.1. The number of hydrazine groups is 1. The molecule has 0 radical (unpaired) electrons. The summed E-state index contributed by atoms with van der Waals surface area (Å²) in [6.45, 7) is 1.67. The molecule has 3 N–H and O–H groups in total. The number of nitrogens with two attached hydrogens (primary N) is 1. The Morgan fingerprint density at radius 1 is 1.21 bits per heavy atom. The van der Waals surface area contributed by atoms with Crippen LogP contribution in [0.5, 0.6) is 0 Å². The van der Waals surface area contributed by atoms with Gasteiger partial charge in [0, 0.05) is 5.56 Å². The van der Waals surface area contributed by atoms with Gasteiger partial charge in [-0.1, -0.05) is 24.3 Å². The quantitative estimate of drug-likeness (QED) is 0.668. The molecule has 0 saturated carbocycles. The van der Waals surface area contributed by atoms with Gasteiger partial charge < -0.3 is 0 Å². The van der Waals surface area contributed by atoms with Crippen molar-refractivity contribution in [3.8, 4) is 0 Å². The molecule has 5 heteroatoms. The first-order valence-electron chi connectivity index (χ1n) is 5.70. The van der Waals surface area contributed by atoms with Gasteiger partial charge in [0.2, 0.25) is 0 Å². The Bertz CT molecular complexity index is 602. The van der Waals surface area contributed by atoms with Crippen LogP contribution in [0.4, 0.5) is 8.78 Å². The first-order valence-corrected chi connectivity index (χ1v) is 6.50. The lowest BCUT2D eigenvalue weighted by atomic mass is 9.98. The highest BCUT2D eigenvalue weighted by atomic mass is 79.9. The van der Waals surface area contributed by atoms with Gasteiger partial charge in [-0.15, -0.1) is 0 Å². The third kappa shape index (κ3) is 2.83. The predicted octanol–water partition coefficient (Wildman–Crippen LogP) is 3.59. The molecule has 0 heterocycles. The highest BCUT2D eigenvalue weighted by Crippen LogP contribution is 2.28. The molecule has 0 aliphatic rings. The minimum Gasteiger partial charge on any atom is -0.271 e. The summed E-state index contributed by atoms with van der Waals surface area (Å²) in [5.74, 6) is 4.74. The highest BCUT2D eigenvalue weighted by Gasteiger charge is 2.18. The van der Waals surface area contributed by atoms with E-state index in [2.05, 4.69) is 21.4 Å². The van der Waals surface area contributed by atoms with Gasteiger partial charge in [0.1, 0.15) is 11.6 Å². The zero-order valence-corrected chi connectivity index (χ0v) is 11.8. The van der Waals surface area contributed by atoms with Crippen LogP contribution >= 0.6 is 15.9 Å². The van der Waals surface area contributed by atoms with Crippen LogP contribution in [0.1, 0.15) is 22.7 Å². The molecule has 2 rings (SSSR count). The number of hydrogen-bond acceptors (Lipinski definition) is 2. The standard InChI is InChI=1S/C14H13BrF2N2/c1-8-5-6-9(7-12(8)16)14(19-18)10-3-2-4-11(15)13(10)17/h2-7,14,19H,18H2,1H3. The van der Waals surface area contributed by atoms with E-state index in [1.165, 1.54) is 6.07 Å². The normalized spacial score (nSPS) is 12.5.